The zero-order valence-corrected chi connectivity index (χ0v) is 12.6. The van der Waals surface area contributed by atoms with Gasteiger partial charge >= 0.3 is 0 Å². The summed E-state index contributed by atoms with van der Waals surface area (Å²) in [4.78, 5) is 0.346. The Bertz CT molecular complexity index is 663. The minimum Gasteiger partial charge on any atom is -0.210 e. The lowest BCUT2D eigenvalue weighted by Crippen LogP contribution is -2.29. The summed E-state index contributed by atoms with van der Waals surface area (Å²) in [6.07, 6.45) is 1.97. The standard InChI is InChI=1S/C14H17NO2S2/c1-11(18-2)10-15-19(16,17)14-9-5-7-12-6-3-4-8-13(12)14/h3-9,11,15H,10H2,1-2H3. The summed E-state index contributed by atoms with van der Waals surface area (Å²) in [5.41, 5.74) is 0. The first-order chi connectivity index (χ1) is 9.04. The van der Waals surface area contributed by atoms with Gasteiger partial charge in [-0.1, -0.05) is 43.3 Å². The van der Waals surface area contributed by atoms with E-state index >= 15 is 0 Å². The molecule has 1 N–H and O–H groups in total. The minimum atomic E-state index is -3.46. The SMILES string of the molecule is CSC(C)CNS(=O)(=O)c1cccc2ccccc12. The molecule has 0 radical (unpaired) electrons. The molecule has 1 atom stereocenters. The van der Waals surface area contributed by atoms with Crippen molar-refractivity contribution in [3.05, 3.63) is 42.5 Å². The molecule has 2 aromatic rings. The van der Waals surface area contributed by atoms with Gasteiger partial charge < -0.3 is 0 Å². The van der Waals surface area contributed by atoms with Crippen molar-refractivity contribution in [1.29, 1.82) is 0 Å². The first-order valence-electron chi connectivity index (χ1n) is 6.05. The fourth-order valence-electron chi connectivity index (χ4n) is 1.82. The van der Waals surface area contributed by atoms with Gasteiger partial charge in [0.15, 0.2) is 0 Å². The van der Waals surface area contributed by atoms with Crippen LogP contribution < -0.4 is 4.72 Å². The van der Waals surface area contributed by atoms with E-state index < -0.39 is 10.0 Å². The van der Waals surface area contributed by atoms with Crippen molar-refractivity contribution in [3.63, 3.8) is 0 Å². The topological polar surface area (TPSA) is 46.2 Å². The van der Waals surface area contributed by atoms with Crippen LogP contribution in [0.3, 0.4) is 0 Å². The van der Waals surface area contributed by atoms with Gasteiger partial charge in [0.25, 0.3) is 0 Å². The Morgan fingerprint density at radius 2 is 1.84 bits per heavy atom. The molecule has 2 aromatic carbocycles. The third-order valence-electron chi connectivity index (χ3n) is 3.00. The van der Waals surface area contributed by atoms with Gasteiger partial charge in [-0.25, -0.2) is 13.1 Å². The molecule has 0 saturated heterocycles. The largest absolute Gasteiger partial charge is 0.241 e. The highest BCUT2D eigenvalue weighted by molar-refractivity contribution is 7.99. The number of sulfonamides is 1. The maximum Gasteiger partial charge on any atom is 0.241 e. The lowest BCUT2D eigenvalue weighted by molar-refractivity contribution is 0.582. The van der Waals surface area contributed by atoms with Crippen LogP contribution in [0.25, 0.3) is 10.8 Å². The normalized spacial score (nSPS) is 13.6. The number of hydrogen-bond donors (Lipinski definition) is 1. The highest BCUT2D eigenvalue weighted by Gasteiger charge is 2.17. The number of hydrogen-bond acceptors (Lipinski definition) is 3. The van der Waals surface area contributed by atoms with Crippen molar-refractivity contribution in [3.8, 4) is 0 Å². The highest BCUT2D eigenvalue weighted by Crippen LogP contribution is 2.22. The average Bonchev–Trinajstić information content (AvgIpc) is 2.44. The van der Waals surface area contributed by atoms with E-state index in [4.69, 9.17) is 0 Å². The zero-order valence-electron chi connectivity index (χ0n) is 11.0. The van der Waals surface area contributed by atoms with Crippen molar-refractivity contribution in [2.24, 2.45) is 0 Å². The van der Waals surface area contributed by atoms with Gasteiger partial charge in [0.2, 0.25) is 10.0 Å². The minimum absolute atomic E-state index is 0.254. The Balaban J connectivity index is 2.38. The molecule has 2 rings (SSSR count). The maximum atomic E-state index is 12.3. The van der Waals surface area contributed by atoms with Crippen LogP contribution in [0, 0.1) is 0 Å². The van der Waals surface area contributed by atoms with E-state index in [0.29, 0.717) is 11.4 Å². The molecule has 0 aliphatic carbocycles. The second-order valence-corrected chi connectivity index (χ2v) is 7.39. The molecule has 0 heterocycles. The van der Waals surface area contributed by atoms with Crippen LogP contribution in [0.4, 0.5) is 0 Å². The Kier molecular flexibility index (Phi) is 4.50. The molecule has 0 amide bonds. The van der Waals surface area contributed by atoms with Crippen LogP contribution in [0.1, 0.15) is 6.92 Å². The van der Waals surface area contributed by atoms with Gasteiger partial charge in [-0.3, -0.25) is 0 Å². The molecule has 0 aromatic heterocycles. The van der Waals surface area contributed by atoms with Crippen molar-refractivity contribution in [1.82, 2.24) is 4.72 Å². The molecule has 0 bridgehead atoms. The van der Waals surface area contributed by atoms with E-state index in [1.165, 1.54) is 0 Å². The van der Waals surface area contributed by atoms with Gasteiger partial charge in [0.05, 0.1) is 4.90 Å². The Hall–Kier alpha value is -1.04. The number of fused-ring (bicyclic) bond motifs is 1. The third-order valence-corrected chi connectivity index (χ3v) is 5.46. The molecule has 19 heavy (non-hydrogen) atoms. The summed E-state index contributed by atoms with van der Waals surface area (Å²) in [6.45, 7) is 2.43. The van der Waals surface area contributed by atoms with E-state index in [1.54, 1.807) is 23.9 Å². The van der Waals surface area contributed by atoms with Crippen molar-refractivity contribution >= 4 is 32.6 Å². The number of nitrogens with one attached hydrogen (secondary N) is 1. The molecule has 1 unspecified atom stereocenters. The summed E-state index contributed by atoms with van der Waals surface area (Å²) in [5, 5.41) is 1.95. The van der Waals surface area contributed by atoms with E-state index in [-0.39, 0.29) is 5.25 Å². The zero-order chi connectivity index (χ0) is 13.9. The number of benzene rings is 2. The van der Waals surface area contributed by atoms with Crippen LogP contribution in [-0.4, -0.2) is 26.5 Å². The first kappa shape index (κ1) is 14.4. The van der Waals surface area contributed by atoms with Gasteiger partial charge in [0.1, 0.15) is 0 Å². The summed E-state index contributed by atoms with van der Waals surface area (Å²) in [6, 6.07) is 12.8. The molecule has 0 aliphatic heterocycles. The Morgan fingerprint density at radius 3 is 2.58 bits per heavy atom. The summed E-state index contributed by atoms with van der Waals surface area (Å²) >= 11 is 1.64. The molecule has 3 nitrogen and oxygen atoms in total. The van der Waals surface area contributed by atoms with E-state index in [2.05, 4.69) is 4.72 Å². The van der Waals surface area contributed by atoms with E-state index in [1.807, 2.05) is 43.5 Å². The fraction of sp³-hybridized carbons (Fsp3) is 0.286. The number of thioether (sulfide) groups is 1. The Morgan fingerprint density at radius 1 is 1.16 bits per heavy atom. The second kappa shape index (κ2) is 5.94. The predicted octanol–water partition coefficient (Wildman–Crippen LogP) is 2.87. The molecule has 0 aliphatic rings. The summed E-state index contributed by atoms with van der Waals surface area (Å²) in [7, 11) is -3.46. The van der Waals surface area contributed by atoms with Crippen LogP contribution in [-0.2, 0) is 10.0 Å². The van der Waals surface area contributed by atoms with Crippen molar-refractivity contribution < 1.29 is 8.42 Å². The first-order valence-corrected chi connectivity index (χ1v) is 8.82. The second-order valence-electron chi connectivity index (χ2n) is 4.38. The molecular weight excluding hydrogens is 278 g/mol. The maximum absolute atomic E-state index is 12.3. The average molecular weight is 295 g/mol. The molecule has 0 spiro atoms. The smallest absolute Gasteiger partial charge is 0.210 e. The lowest BCUT2D eigenvalue weighted by atomic mass is 10.1. The third kappa shape index (κ3) is 3.29. The molecule has 5 heteroatoms. The van der Waals surface area contributed by atoms with Gasteiger partial charge in [-0.05, 0) is 17.7 Å². The lowest BCUT2D eigenvalue weighted by Gasteiger charge is -2.12. The van der Waals surface area contributed by atoms with Gasteiger partial charge in [0, 0.05) is 17.2 Å². The molecular formula is C14H17NO2S2. The number of rotatable bonds is 5. The van der Waals surface area contributed by atoms with Crippen molar-refractivity contribution in [2.45, 2.75) is 17.1 Å². The predicted molar refractivity (Wildman–Crippen MR) is 82.1 cm³/mol. The highest BCUT2D eigenvalue weighted by atomic mass is 32.2. The fourth-order valence-corrected chi connectivity index (χ4v) is 3.53. The van der Waals surface area contributed by atoms with E-state index in [9.17, 15) is 8.42 Å². The van der Waals surface area contributed by atoms with Gasteiger partial charge in [-0.2, -0.15) is 11.8 Å². The summed E-state index contributed by atoms with van der Waals surface area (Å²) < 4.78 is 27.4. The van der Waals surface area contributed by atoms with Crippen LogP contribution in [0.2, 0.25) is 0 Å². The van der Waals surface area contributed by atoms with Crippen molar-refractivity contribution in [2.75, 3.05) is 12.8 Å². The van der Waals surface area contributed by atoms with Crippen LogP contribution in [0.15, 0.2) is 47.4 Å². The monoisotopic (exact) mass is 295 g/mol. The summed E-state index contributed by atoms with van der Waals surface area (Å²) in [5.74, 6) is 0. The van der Waals surface area contributed by atoms with Gasteiger partial charge in [-0.15, -0.1) is 0 Å². The molecule has 0 fully saturated rings. The van der Waals surface area contributed by atoms with Crippen LogP contribution >= 0.6 is 11.8 Å². The molecule has 0 saturated carbocycles. The molecule has 102 valence electrons. The quantitative estimate of drug-likeness (QED) is 0.922. The van der Waals surface area contributed by atoms with E-state index in [0.717, 1.165) is 10.8 Å². The Labute approximate surface area is 118 Å². The van der Waals surface area contributed by atoms with Crippen LogP contribution in [0.5, 0.6) is 0 Å².